The van der Waals surface area contributed by atoms with Crippen molar-refractivity contribution in [2.75, 3.05) is 13.2 Å². The van der Waals surface area contributed by atoms with Crippen LogP contribution in [0.1, 0.15) is 27.7 Å². The van der Waals surface area contributed by atoms with Gasteiger partial charge in [-0.3, -0.25) is 4.79 Å². The highest BCUT2D eigenvalue weighted by atomic mass is 16.9. The smallest absolute Gasteiger partial charge is 0.234 e. The molecule has 0 aromatic rings. The van der Waals surface area contributed by atoms with E-state index in [2.05, 4.69) is 0 Å². The molecule has 114 valence electrons. The summed E-state index contributed by atoms with van der Waals surface area (Å²) in [6.45, 7) is 6.48. The molecule has 1 N–H and O–H groups in total. The maximum absolute atomic E-state index is 11.8. The van der Waals surface area contributed by atoms with Gasteiger partial charge < -0.3 is 28.8 Å². The average Bonchev–Trinajstić information content (AvgIpc) is 2.79. The lowest BCUT2D eigenvalue weighted by Crippen LogP contribution is -2.70. The number of carbonyl (C=O) groups is 1. The molecule has 7 heteroatoms. The van der Waals surface area contributed by atoms with Crippen LogP contribution >= 0.6 is 0 Å². The van der Waals surface area contributed by atoms with Gasteiger partial charge in [0.05, 0.1) is 6.61 Å². The molecule has 7 nitrogen and oxygen atoms in total. The minimum absolute atomic E-state index is 0.156. The number of aliphatic hydroxyl groups excluding tert-OH is 1. The van der Waals surface area contributed by atoms with Gasteiger partial charge in [0.1, 0.15) is 18.8 Å². The first-order valence-corrected chi connectivity index (χ1v) is 6.66. The van der Waals surface area contributed by atoms with Crippen LogP contribution in [0.2, 0.25) is 0 Å². The molecule has 20 heavy (non-hydrogen) atoms. The van der Waals surface area contributed by atoms with Gasteiger partial charge in [-0.25, -0.2) is 0 Å². The summed E-state index contributed by atoms with van der Waals surface area (Å²) in [6, 6.07) is 0. The number of hydrogen-bond donors (Lipinski definition) is 1. The third-order valence-electron chi connectivity index (χ3n) is 3.89. The van der Waals surface area contributed by atoms with Crippen molar-refractivity contribution in [3.05, 3.63) is 0 Å². The molecule has 0 aromatic carbocycles. The van der Waals surface area contributed by atoms with Crippen LogP contribution in [0.4, 0.5) is 0 Å². The van der Waals surface area contributed by atoms with Crippen LogP contribution in [0, 0.1) is 0 Å². The first-order chi connectivity index (χ1) is 9.19. The van der Waals surface area contributed by atoms with E-state index in [-0.39, 0.29) is 6.61 Å². The van der Waals surface area contributed by atoms with Crippen LogP contribution in [0.5, 0.6) is 0 Å². The second-order valence-corrected chi connectivity index (χ2v) is 6.33. The highest BCUT2D eigenvalue weighted by Crippen LogP contribution is 2.53. The van der Waals surface area contributed by atoms with E-state index in [1.165, 1.54) is 0 Å². The minimum atomic E-state index is -1.57. The Morgan fingerprint density at radius 1 is 1.15 bits per heavy atom. The lowest BCUT2D eigenvalue weighted by atomic mass is 9.83. The van der Waals surface area contributed by atoms with E-state index in [0.29, 0.717) is 6.29 Å². The lowest BCUT2D eigenvalue weighted by Gasteiger charge is -2.45. The van der Waals surface area contributed by atoms with Crippen molar-refractivity contribution in [3.63, 3.8) is 0 Å². The Labute approximate surface area is 117 Å². The second kappa shape index (κ2) is 4.00. The third kappa shape index (κ3) is 1.71. The maximum atomic E-state index is 11.8. The molecule has 3 heterocycles. The Bertz CT molecular complexity index is 434. The fourth-order valence-electron chi connectivity index (χ4n) is 3.32. The molecular formula is C13H20O7. The molecular weight excluding hydrogens is 268 g/mol. The SMILES string of the molecule is CC1(C)O[C@@H]2[C@@H](COC3(CO)OC(C)(C)O[C@@]23C=O)O1. The van der Waals surface area contributed by atoms with Crippen molar-refractivity contribution >= 4 is 6.29 Å². The van der Waals surface area contributed by atoms with Gasteiger partial charge >= 0.3 is 0 Å². The molecule has 1 unspecified atom stereocenters. The van der Waals surface area contributed by atoms with Gasteiger partial charge in [-0.05, 0) is 27.7 Å². The quantitative estimate of drug-likeness (QED) is 0.713. The summed E-state index contributed by atoms with van der Waals surface area (Å²) in [5.41, 5.74) is -1.55. The third-order valence-corrected chi connectivity index (χ3v) is 3.89. The molecule has 4 atom stereocenters. The summed E-state index contributed by atoms with van der Waals surface area (Å²) in [4.78, 5) is 11.8. The monoisotopic (exact) mass is 288 g/mol. The molecule has 3 fully saturated rings. The molecule has 0 aliphatic carbocycles. The summed E-state index contributed by atoms with van der Waals surface area (Å²) >= 11 is 0. The molecule has 0 aromatic heterocycles. The summed E-state index contributed by atoms with van der Waals surface area (Å²) in [5, 5.41) is 9.75. The number of fused-ring (bicyclic) bond motifs is 3. The van der Waals surface area contributed by atoms with Gasteiger partial charge in [-0.15, -0.1) is 0 Å². The predicted octanol–water partition coefficient (Wildman–Crippen LogP) is -0.0541. The van der Waals surface area contributed by atoms with Gasteiger partial charge in [-0.1, -0.05) is 0 Å². The van der Waals surface area contributed by atoms with Gasteiger partial charge in [-0.2, -0.15) is 0 Å². The Kier molecular flexibility index (Phi) is 2.87. The zero-order chi connectivity index (χ0) is 14.8. The van der Waals surface area contributed by atoms with Crippen molar-refractivity contribution in [2.24, 2.45) is 0 Å². The Morgan fingerprint density at radius 2 is 1.85 bits per heavy atom. The predicted molar refractivity (Wildman–Crippen MR) is 64.6 cm³/mol. The summed E-state index contributed by atoms with van der Waals surface area (Å²) in [5.74, 6) is -3.49. The van der Waals surface area contributed by atoms with Crippen LogP contribution in [0.15, 0.2) is 0 Å². The minimum Gasteiger partial charge on any atom is -0.391 e. The average molecular weight is 288 g/mol. The number of ether oxygens (including phenoxy) is 5. The molecule has 0 saturated carbocycles. The largest absolute Gasteiger partial charge is 0.391 e. The van der Waals surface area contributed by atoms with E-state index < -0.39 is 41.8 Å². The second-order valence-electron chi connectivity index (χ2n) is 6.33. The molecule has 3 aliphatic rings. The topological polar surface area (TPSA) is 83.5 Å². The fraction of sp³-hybridized carbons (Fsp3) is 0.923. The molecule has 3 aliphatic heterocycles. The van der Waals surface area contributed by atoms with E-state index >= 15 is 0 Å². The molecule has 3 saturated heterocycles. The van der Waals surface area contributed by atoms with Gasteiger partial charge in [0.25, 0.3) is 0 Å². The Hall–Kier alpha value is -0.570. The molecule has 0 spiro atoms. The standard InChI is InChI=1S/C13H20O7/c1-10(2)17-8-5-16-13(7-15)12(6-14,9(8)18-10)19-11(3,4)20-13/h6,8-9,15H,5,7H2,1-4H3/t8-,9-,12+,13?/m1/s1. The van der Waals surface area contributed by atoms with Crippen molar-refractivity contribution in [1.29, 1.82) is 0 Å². The number of carbonyl (C=O) groups excluding carboxylic acids is 1. The van der Waals surface area contributed by atoms with E-state index in [1.54, 1.807) is 27.7 Å². The van der Waals surface area contributed by atoms with Crippen LogP contribution < -0.4 is 0 Å². The van der Waals surface area contributed by atoms with Crippen LogP contribution in [0.25, 0.3) is 0 Å². The van der Waals surface area contributed by atoms with E-state index in [0.717, 1.165) is 0 Å². The zero-order valence-electron chi connectivity index (χ0n) is 12.0. The van der Waals surface area contributed by atoms with Crippen molar-refractivity contribution in [1.82, 2.24) is 0 Å². The zero-order valence-corrected chi connectivity index (χ0v) is 12.0. The summed E-state index contributed by atoms with van der Waals surface area (Å²) < 4.78 is 28.7. The van der Waals surface area contributed by atoms with Crippen molar-refractivity contribution in [2.45, 2.75) is 62.9 Å². The Balaban J connectivity index is 2.07. The first kappa shape index (κ1) is 14.4. The van der Waals surface area contributed by atoms with E-state index in [9.17, 15) is 9.90 Å². The summed E-state index contributed by atoms with van der Waals surface area (Å²) in [6.07, 6.45) is -0.551. The van der Waals surface area contributed by atoms with Gasteiger partial charge in [0, 0.05) is 0 Å². The number of hydrogen-bond acceptors (Lipinski definition) is 7. The Morgan fingerprint density at radius 3 is 2.45 bits per heavy atom. The van der Waals surface area contributed by atoms with Crippen molar-refractivity contribution < 1.29 is 33.6 Å². The number of rotatable bonds is 2. The fourth-order valence-corrected chi connectivity index (χ4v) is 3.32. The van der Waals surface area contributed by atoms with E-state index in [4.69, 9.17) is 23.7 Å². The van der Waals surface area contributed by atoms with E-state index in [1.807, 2.05) is 0 Å². The lowest BCUT2D eigenvalue weighted by molar-refractivity contribution is -0.308. The first-order valence-electron chi connectivity index (χ1n) is 6.66. The number of aliphatic hydroxyl groups is 1. The summed E-state index contributed by atoms with van der Waals surface area (Å²) in [7, 11) is 0. The maximum Gasteiger partial charge on any atom is 0.234 e. The highest BCUT2D eigenvalue weighted by molar-refractivity contribution is 5.68. The highest BCUT2D eigenvalue weighted by Gasteiger charge is 2.75. The molecule has 0 bridgehead atoms. The van der Waals surface area contributed by atoms with Gasteiger partial charge in [0.15, 0.2) is 17.9 Å². The van der Waals surface area contributed by atoms with Crippen LogP contribution in [0.3, 0.4) is 0 Å². The van der Waals surface area contributed by atoms with Crippen LogP contribution in [-0.4, -0.2) is 59.8 Å². The van der Waals surface area contributed by atoms with Crippen LogP contribution in [-0.2, 0) is 28.5 Å². The van der Waals surface area contributed by atoms with Gasteiger partial charge in [0.2, 0.25) is 11.4 Å². The molecule has 3 rings (SSSR count). The van der Waals surface area contributed by atoms with Crippen molar-refractivity contribution in [3.8, 4) is 0 Å². The molecule has 0 amide bonds. The normalized spacial score (nSPS) is 48.6. The molecule has 0 radical (unpaired) electrons. The number of aldehydes is 1.